The van der Waals surface area contributed by atoms with E-state index in [4.69, 9.17) is 10.5 Å². The molecule has 0 aromatic heterocycles. The number of esters is 1. The van der Waals surface area contributed by atoms with Crippen LogP contribution in [0.5, 0.6) is 0 Å². The maximum Gasteiger partial charge on any atom is 0.333 e. The molecule has 20 heavy (non-hydrogen) atoms. The minimum atomic E-state index is -0.344. The molecule has 1 rings (SSSR count). The van der Waals surface area contributed by atoms with Crippen molar-refractivity contribution in [2.45, 2.75) is 40.0 Å². The zero-order valence-electron chi connectivity index (χ0n) is 12.5. The van der Waals surface area contributed by atoms with E-state index in [2.05, 4.69) is 26.5 Å². The zero-order valence-corrected chi connectivity index (χ0v) is 13.3. The fourth-order valence-electron chi connectivity index (χ4n) is 2.20. The first-order valence-corrected chi connectivity index (χ1v) is 6.72. The summed E-state index contributed by atoms with van der Waals surface area (Å²) in [5, 5.41) is 0. The van der Waals surface area contributed by atoms with Crippen LogP contribution in [0.2, 0.25) is 0 Å². The fourth-order valence-corrected chi connectivity index (χ4v) is 2.20. The number of carbonyl (C=O) groups is 1. The van der Waals surface area contributed by atoms with Crippen molar-refractivity contribution in [3.8, 4) is 0 Å². The van der Waals surface area contributed by atoms with Crippen molar-refractivity contribution >= 4 is 24.1 Å². The lowest BCUT2D eigenvalue weighted by molar-refractivity contribution is -0.138. The molecule has 112 valence electrons. The van der Waals surface area contributed by atoms with Gasteiger partial charge in [-0.1, -0.05) is 26.5 Å². The molecule has 0 saturated carbocycles. The third-order valence-corrected chi connectivity index (χ3v) is 3.23. The quantitative estimate of drug-likeness (QED) is 0.497. The molecule has 0 aliphatic heterocycles. The predicted molar refractivity (Wildman–Crippen MR) is 86.3 cm³/mol. The molecule has 0 aliphatic rings. The topological polar surface area (TPSA) is 52.3 Å². The average molecular weight is 298 g/mol. The first kappa shape index (κ1) is 18.5. The molecule has 0 spiro atoms. The number of hydrogen-bond acceptors (Lipinski definition) is 3. The van der Waals surface area contributed by atoms with Gasteiger partial charge < -0.3 is 10.5 Å². The van der Waals surface area contributed by atoms with E-state index in [1.54, 1.807) is 6.92 Å². The predicted octanol–water partition coefficient (Wildman–Crippen LogP) is 3.48. The summed E-state index contributed by atoms with van der Waals surface area (Å²) in [4.78, 5) is 11.3. The van der Waals surface area contributed by atoms with Crippen molar-refractivity contribution in [3.05, 3.63) is 41.0 Å². The third-order valence-electron chi connectivity index (χ3n) is 3.23. The molecule has 4 heteroatoms. The highest BCUT2D eigenvalue weighted by molar-refractivity contribution is 5.86. The SMILES string of the molecule is C=C(C)C(=O)OCCc1c(N)ccc(CC)c1CC.Cl. The minimum absolute atomic E-state index is 0. The number of anilines is 1. The number of aryl methyl sites for hydroxylation is 1. The molecule has 0 unspecified atom stereocenters. The largest absolute Gasteiger partial charge is 0.462 e. The molecular weight excluding hydrogens is 274 g/mol. The molecule has 0 radical (unpaired) electrons. The van der Waals surface area contributed by atoms with Gasteiger partial charge in [0.2, 0.25) is 0 Å². The van der Waals surface area contributed by atoms with Crippen LogP contribution in [0.4, 0.5) is 5.69 Å². The maximum atomic E-state index is 11.3. The Hall–Kier alpha value is -1.48. The van der Waals surface area contributed by atoms with Crippen molar-refractivity contribution in [2.24, 2.45) is 0 Å². The molecule has 0 bridgehead atoms. The number of ether oxygens (including phenoxy) is 1. The Kier molecular flexibility index (Phi) is 8.00. The van der Waals surface area contributed by atoms with Gasteiger partial charge in [-0.05, 0) is 42.5 Å². The second kappa shape index (κ2) is 8.64. The third kappa shape index (κ3) is 4.57. The van der Waals surface area contributed by atoms with Gasteiger partial charge in [-0.3, -0.25) is 0 Å². The van der Waals surface area contributed by atoms with Crippen LogP contribution >= 0.6 is 12.4 Å². The lowest BCUT2D eigenvalue weighted by Crippen LogP contribution is -2.11. The van der Waals surface area contributed by atoms with Crippen LogP contribution in [0, 0.1) is 0 Å². The van der Waals surface area contributed by atoms with Crippen LogP contribution in [0.1, 0.15) is 37.5 Å². The standard InChI is InChI=1S/C16H23NO2.ClH/c1-5-12-7-8-15(17)14(13(12)6-2)9-10-19-16(18)11(3)4;/h7-8H,3,5-6,9-10,17H2,1-2,4H3;1H. The zero-order chi connectivity index (χ0) is 14.4. The summed E-state index contributed by atoms with van der Waals surface area (Å²) in [6.45, 7) is 9.80. The van der Waals surface area contributed by atoms with E-state index in [1.165, 1.54) is 11.1 Å². The molecule has 0 aliphatic carbocycles. The van der Waals surface area contributed by atoms with Crippen molar-refractivity contribution in [1.82, 2.24) is 0 Å². The number of halogens is 1. The fraction of sp³-hybridized carbons (Fsp3) is 0.438. The summed E-state index contributed by atoms with van der Waals surface area (Å²) in [6.07, 6.45) is 2.59. The second-order valence-corrected chi connectivity index (χ2v) is 4.64. The molecule has 0 heterocycles. The van der Waals surface area contributed by atoms with Crippen LogP contribution in [0.25, 0.3) is 0 Å². The van der Waals surface area contributed by atoms with Crippen molar-refractivity contribution in [3.63, 3.8) is 0 Å². The Morgan fingerprint density at radius 2 is 1.90 bits per heavy atom. The van der Waals surface area contributed by atoms with Crippen LogP contribution in [-0.4, -0.2) is 12.6 Å². The van der Waals surface area contributed by atoms with Crippen molar-refractivity contribution in [2.75, 3.05) is 12.3 Å². The van der Waals surface area contributed by atoms with E-state index < -0.39 is 0 Å². The molecule has 0 saturated heterocycles. The van der Waals surface area contributed by atoms with Gasteiger partial charge in [-0.15, -0.1) is 12.4 Å². The van der Waals surface area contributed by atoms with E-state index >= 15 is 0 Å². The molecule has 3 nitrogen and oxygen atoms in total. The highest BCUT2D eigenvalue weighted by atomic mass is 35.5. The molecule has 0 amide bonds. The van der Waals surface area contributed by atoms with Crippen LogP contribution in [0.15, 0.2) is 24.3 Å². The Morgan fingerprint density at radius 3 is 2.40 bits per heavy atom. The molecule has 1 aromatic carbocycles. The molecule has 1 aromatic rings. The van der Waals surface area contributed by atoms with E-state index in [-0.39, 0.29) is 18.4 Å². The monoisotopic (exact) mass is 297 g/mol. The van der Waals surface area contributed by atoms with E-state index in [0.29, 0.717) is 18.6 Å². The number of hydrogen-bond donors (Lipinski definition) is 1. The Balaban J connectivity index is 0.00000361. The van der Waals surface area contributed by atoms with Gasteiger partial charge in [0.15, 0.2) is 0 Å². The van der Waals surface area contributed by atoms with E-state index in [1.807, 2.05) is 6.07 Å². The van der Waals surface area contributed by atoms with E-state index in [0.717, 1.165) is 24.1 Å². The van der Waals surface area contributed by atoms with Gasteiger partial charge in [0.25, 0.3) is 0 Å². The van der Waals surface area contributed by atoms with Crippen LogP contribution in [0.3, 0.4) is 0 Å². The molecular formula is C16H24ClNO2. The molecule has 2 N–H and O–H groups in total. The van der Waals surface area contributed by atoms with Gasteiger partial charge in [0.1, 0.15) is 0 Å². The first-order valence-electron chi connectivity index (χ1n) is 6.72. The van der Waals surface area contributed by atoms with Gasteiger partial charge >= 0.3 is 5.97 Å². The normalized spacial score (nSPS) is 9.75. The lowest BCUT2D eigenvalue weighted by atomic mass is 9.94. The van der Waals surface area contributed by atoms with Gasteiger partial charge in [-0.25, -0.2) is 4.79 Å². The van der Waals surface area contributed by atoms with Gasteiger partial charge in [-0.2, -0.15) is 0 Å². The molecule has 0 atom stereocenters. The summed E-state index contributed by atoms with van der Waals surface area (Å²) >= 11 is 0. The number of carbonyl (C=O) groups excluding carboxylic acids is 1. The van der Waals surface area contributed by atoms with Gasteiger partial charge in [0, 0.05) is 17.7 Å². The summed E-state index contributed by atoms with van der Waals surface area (Å²) in [6, 6.07) is 4.02. The van der Waals surface area contributed by atoms with Crippen LogP contribution in [-0.2, 0) is 28.8 Å². The van der Waals surface area contributed by atoms with Crippen molar-refractivity contribution < 1.29 is 9.53 Å². The summed E-state index contributed by atoms with van der Waals surface area (Å²) < 4.78 is 5.14. The second-order valence-electron chi connectivity index (χ2n) is 4.64. The van der Waals surface area contributed by atoms with Gasteiger partial charge in [0.05, 0.1) is 6.61 Å². The Labute approximate surface area is 127 Å². The maximum absolute atomic E-state index is 11.3. The van der Waals surface area contributed by atoms with Crippen molar-refractivity contribution in [1.29, 1.82) is 0 Å². The van der Waals surface area contributed by atoms with Crippen LogP contribution < -0.4 is 5.73 Å². The smallest absolute Gasteiger partial charge is 0.333 e. The number of nitrogens with two attached hydrogens (primary N) is 1. The lowest BCUT2D eigenvalue weighted by Gasteiger charge is -2.15. The minimum Gasteiger partial charge on any atom is -0.462 e. The Morgan fingerprint density at radius 1 is 1.25 bits per heavy atom. The Bertz CT molecular complexity index is 484. The number of benzene rings is 1. The van der Waals surface area contributed by atoms with E-state index in [9.17, 15) is 4.79 Å². The summed E-state index contributed by atoms with van der Waals surface area (Å²) in [5.74, 6) is -0.344. The molecule has 0 fully saturated rings. The number of nitrogen functional groups attached to an aromatic ring is 1. The summed E-state index contributed by atoms with van der Waals surface area (Å²) in [7, 11) is 0. The summed E-state index contributed by atoms with van der Waals surface area (Å²) in [5.41, 5.74) is 11.0. The first-order chi connectivity index (χ1) is 9.01. The average Bonchev–Trinajstić information content (AvgIpc) is 2.39. The number of rotatable bonds is 6. The highest BCUT2D eigenvalue weighted by Crippen LogP contribution is 2.23. The highest BCUT2D eigenvalue weighted by Gasteiger charge is 2.11.